The van der Waals surface area contributed by atoms with E-state index in [4.69, 9.17) is 4.74 Å². The number of rotatable bonds is 5. The first-order valence-corrected chi connectivity index (χ1v) is 6.81. The van der Waals surface area contributed by atoms with Crippen molar-refractivity contribution in [3.63, 3.8) is 0 Å². The zero-order valence-corrected chi connectivity index (χ0v) is 12.8. The molecule has 1 N–H and O–H groups in total. The average molecular weight is 345 g/mol. The molecular formula is C15H11N3O7. The number of nitrogens with zero attached hydrogens (tertiary/aromatic N) is 2. The molecule has 0 aromatic heterocycles. The van der Waals surface area contributed by atoms with Crippen molar-refractivity contribution in [1.82, 2.24) is 0 Å². The minimum Gasteiger partial charge on any atom is -0.426 e. The monoisotopic (exact) mass is 345 g/mol. The minimum atomic E-state index is -0.847. The van der Waals surface area contributed by atoms with Gasteiger partial charge in [-0.2, -0.15) is 0 Å². The molecule has 0 heterocycles. The molecule has 0 aliphatic carbocycles. The Labute approximate surface area is 140 Å². The van der Waals surface area contributed by atoms with Crippen molar-refractivity contribution >= 4 is 28.9 Å². The van der Waals surface area contributed by atoms with E-state index in [1.54, 1.807) is 6.07 Å². The summed E-state index contributed by atoms with van der Waals surface area (Å²) in [6.45, 7) is 1.16. The van der Waals surface area contributed by atoms with Crippen LogP contribution < -0.4 is 10.1 Å². The predicted octanol–water partition coefficient (Wildman–Crippen LogP) is 2.68. The third kappa shape index (κ3) is 4.13. The summed E-state index contributed by atoms with van der Waals surface area (Å²) in [7, 11) is 0. The van der Waals surface area contributed by atoms with E-state index in [1.807, 2.05) is 0 Å². The fraction of sp³-hybridized carbons (Fsp3) is 0.0667. The van der Waals surface area contributed by atoms with Crippen LogP contribution in [0.4, 0.5) is 17.1 Å². The highest BCUT2D eigenvalue weighted by atomic mass is 16.6. The summed E-state index contributed by atoms with van der Waals surface area (Å²) in [5.74, 6) is -1.42. The summed E-state index contributed by atoms with van der Waals surface area (Å²) in [5, 5.41) is 24.1. The Morgan fingerprint density at radius 1 is 1.04 bits per heavy atom. The van der Waals surface area contributed by atoms with Crippen LogP contribution >= 0.6 is 0 Å². The standard InChI is InChI=1S/C15H11N3O7/c1-9(19)25-14-5-3-2-4-11(14)15(20)16-12-7-6-10(17(21)22)8-13(12)18(23)24/h2-8H,1H3,(H,16,20). The van der Waals surface area contributed by atoms with Crippen molar-refractivity contribution in [1.29, 1.82) is 0 Å². The molecule has 10 nitrogen and oxygen atoms in total. The van der Waals surface area contributed by atoms with Crippen molar-refractivity contribution in [2.75, 3.05) is 5.32 Å². The van der Waals surface area contributed by atoms with Gasteiger partial charge in [0.15, 0.2) is 0 Å². The zero-order chi connectivity index (χ0) is 18.6. The van der Waals surface area contributed by atoms with Crippen LogP contribution in [0.2, 0.25) is 0 Å². The number of carbonyl (C=O) groups is 2. The van der Waals surface area contributed by atoms with Gasteiger partial charge in [-0.15, -0.1) is 0 Å². The van der Waals surface area contributed by atoms with Gasteiger partial charge in [0, 0.05) is 13.0 Å². The van der Waals surface area contributed by atoms with E-state index in [-0.39, 0.29) is 17.0 Å². The van der Waals surface area contributed by atoms with Gasteiger partial charge in [-0.1, -0.05) is 12.1 Å². The minimum absolute atomic E-state index is 0.0166. The molecule has 2 aromatic carbocycles. The molecule has 0 saturated heterocycles. The second-order valence-electron chi connectivity index (χ2n) is 4.76. The maximum atomic E-state index is 12.4. The van der Waals surface area contributed by atoms with Crippen LogP contribution in [0.15, 0.2) is 42.5 Å². The number of carbonyl (C=O) groups excluding carboxylic acids is 2. The van der Waals surface area contributed by atoms with E-state index in [0.717, 1.165) is 25.1 Å². The number of para-hydroxylation sites is 1. The number of benzene rings is 2. The Morgan fingerprint density at radius 3 is 2.32 bits per heavy atom. The van der Waals surface area contributed by atoms with Crippen LogP contribution in [0, 0.1) is 20.2 Å². The second-order valence-corrected chi connectivity index (χ2v) is 4.76. The third-order valence-electron chi connectivity index (χ3n) is 3.02. The van der Waals surface area contributed by atoms with Gasteiger partial charge in [0.1, 0.15) is 11.4 Å². The summed E-state index contributed by atoms with van der Waals surface area (Å²) in [4.78, 5) is 43.6. The van der Waals surface area contributed by atoms with Gasteiger partial charge in [0.2, 0.25) is 0 Å². The van der Waals surface area contributed by atoms with Gasteiger partial charge in [0.05, 0.1) is 21.5 Å². The predicted molar refractivity (Wildman–Crippen MR) is 85.5 cm³/mol. The van der Waals surface area contributed by atoms with E-state index in [9.17, 15) is 29.8 Å². The molecule has 0 spiro atoms. The fourth-order valence-electron chi connectivity index (χ4n) is 1.98. The highest BCUT2D eigenvalue weighted by Gasteiger charge is 2.22. The SMILES string of the molecule is CC(=O)Oc1ccccc1C(=O)Nc1ccc([N+](=O)[O-])cc1[N+](=O)[O-]. The first-order valence-electron chi connectivity index (χ1n) is 6.81. The van der Waals surface area contributed by atoms with Crippen molar-refractivity contribution < 1.29 is 24.2 Å². The number of anilines is 1. The van der Waals surface area contributed by atoms with Gasteiger partial charge < -0.3 is 10.1 Å². The van der Waals surface area contributed by atoms with Gasteiger partial charge in [-0.25, -0.2) is 0 Å². The molecule has 1 amide bonds. The summed E-state index contributed by atoms with van der Waals surface area (Å²) < 4.78 is 4.91. The lowest BCUT2D eigenvalue weighted by Crippen LogP contribution is -2.15. The second kappa shape index (κ2) is 7.17. The summed E-state index contributed by atoms with van der Waals surface area (Å²) in [5.41, 5.74) is -1.36. The number of nitro groups is 2. The summed E-state index contributed by atoms with van der Waals surface area (Å²) in [6.07, 6.45) is 0. The Balaban J connectivity index is 2.37. The maximum Gasteiger partial charge on any atom is 0.308 e. The number of esters is 1. The summed E-state index contributed by atoms with van der Waals surface area (Å²) in [6, 6.07) is 8.65. The molecule has 128 valence electrons. The molecular weight excluding hydrogens is 334 g/mol. The van der Waals surface area contributed by atoms with Crippen LogP contribution in [0.5, 0.6) is 5.75 Å². The van der Waals surface area contributed by atoms with Crippen molar-refractivity contribution in [3.8, 4) is 5.75 Å². The Bertz CT molecular complexity index is 879. The Kier molecular flexibility index (Phi) is 5.03. The van der Waals surface area contributed by atoms with Crippen molar-refractivity contribution in [2.45, 2.75) is 6.92 Å². The average Bonchev–Trinajstić information content (AvgIpc) is 2.54. The normalized spacial score (nSPS) is 9.96. The lowest BCUT2D eigenvalue weighted by atomic mass is 10.1. The molecule has 0 atom stereocenters. The van der Waals surface area contributed by atoms with Crippen LogP contribution in [0.3, 0.4) is 0 Å². The maximum absolute atomic E-state index is 12.4. The van der Waals surface area contributed by atoms with Crippen molar-refractivity contribution in [3.05, 3.63) is 68.3 Å². The number of amides is 1. The van der Waals surface area contributed by atoms with E-state index in [1.165, 1.54) is 18.2 Å². The van der Waals surface area contributed by atoms with E-state index >= 15 is 0 Å². The molecule has 0 radical (unpaired) electrons. The zero-order valence-electron chi connectivity index (χ0n) is 12.8. The van der Waals surface area contributed by atoms with Crippen LogP contribution in [-0.2, 0) is 4.79 Å². The molecule has 0 aliphatic heterocycles. The molecule has 10 heteroatoms. The molecule has 0 bridgehead atoms. The number of non-ortho nitro benzene ring substituents is 1. The molecule has 0 fully saturated rings. The topological polar surface area (TPSA) is 142 Å². The van der Waals surface area contributed by atoms with Crippen molar-refractivity contribution in [2.24, 2.45) is 0 Å². The molecule has 0 saturated carbocycles. The van der Waals surface area contributed by atoms with Gasteiger partial charge >= 0.3 is 5.97 Å². The third-order valence-corrected chi connectivity index (χ3v) is 3.02. The van der Waals surface area contributed by atoms with Crippen LogP contribution in [0.25, 0.3) is 0 Å². The number of nitro benzene ring substituents is 2. The molecule has 0 aliphatic rings. The Morgan fingerprint density at radius 2 is 1.72 bits per heavy atom. The number of hydrogen-bond acceptors (Lipinski definition) is 7. The van der Waals surface area contributed by atoms with Gasteiger partial charge in [-0.3, -0.25) is 29.8 Å². The van der Waals surface area contributed by atoms with Gasteiger partial charge in [-0.05, 0) is 18.2 Å². The van der Waals surface area contributed by atoms with E-state index in [0.29, 0.717) is 0 Å². The largest absolute Gasteiger partial charge is 0.426 e. The summed E-state index contributed by atoms with van der Waals surface area (Å²) >= 11 is 0. The van der Waals surface area contributed by atoms with Crippen LogP contribution in [-0.4, -0.2) is 21.7 Å². The lowest BCUT2D eigenvalue weighted by molar-refractivity contribution is -0.393. The first-order chi connectivity index (χ1) is 11.8. The fourth-order valence-corrected chi connectivity index (χ4v) is 1.98. The molecule has 0 unspecified atom stereocenters. The quantitative estimate of drug-likeness (QED) is 0.380. The number of nitrogens with one attached hydrogen (secondary N) is 1. The number of hydrogen-bond donors (Lipinski definition) is 1. The highest BCUT2D eigenvalue weighted by Crippen LogP contribution is 2.30. The van der Waals surface area contributed by atoms with E-state index in [2.05, 4.69) is 5.32 Å². The lowest BCUT2D eigenvalue weighted by Gasteiger charge is -2.09. The molecule has 25 heavy (non-hydrogen) atoms. The molecule has 2 aromatic rings. The first kappa shape index (κ1) is 17.5. The highest BCUT2D eigenvalue weighted by molar-refractivity contribution is 6.07. The van der Waals surface area contributed by atoms with Gasteiger partial charge in [0.25, 0.3) is 17.3 Å². The smallest absolute Gasteiger partial charge is 0.308 e. The molecule has 2 rings (SSSR count). The van der Waals surface area contributed by atoms with E-state index < -0.39 is 33.1 Å². The Hall–Kier alpha value is -3.82. The number of ether oxygens (including phenoxy) is 1. The van der Waals surface area contributed by atoms with Crippen LogP contribution in [0.1, 0.15) is 17.3 Å².